The maximum Gasteiger partial charge on any atom is 0.421 e. The second kappa shape index (κ2) is 11.6. The van der Waals surface area contributed by atoms with E-state index >= 15 is 0 Å². The Balaban J connectivity index is 1.83. The van der Waals surface area contributed by atoms with Crippen molar-refractivity contribution in [3.63, 3.8) is 0 Å². The molecule has 1 aliphatic rings. The Morgan fingerprint density at radius 3 is 2.21 bits per heavy atom. The molecule has 0 radical (unpaired) electrons. The Labute approximate surface area is 198 Å². The number of allylic oxidation sites excluding steroid dienone is 1. The highest BCUT2D eigenvalue weighted by Gasteiger charge is 2.34. The molecule has 0 spiro atoms. The molecule has 0 amide bonds. The lowest BCUT2D eigenvalue weighted by molar-refractivity contribution is -0.138. The van der Waals surface area contributed by atoms with Crippen molar-refractivity contribution >= 4 is 11.4 Å². The SMILES string of the molecule is CCN(CC)CCCC(=O)c1ccc(/C(=C\C2CCCC2)c2ccc(C(F)(F)F)c(=O)[nH]2)cc1. The van der Waals surface area contributed by atoms with Crippen molar-refractivity contribution in [2.24, 2.45) is 5.92 Å². The van der Waals surface area contributed by atoms with Gasteiger partial charge in [0, 0.05) is 23.3 Å². The predicted molar refractivity (Wildman–Crippen MR) is 129 cm³/mol. The maximum absolute atomic E-state index is 13.1. The Morgan fingerprint density at radius 2 is 1.65 bits per heavy atom. The summed E-state index contributed by atoms with van der Waals surface area (Å²) in [6.07, 6.45) is 2.85. The number of rotatable bonds is 10. The van der Waals surface area contributed by atoms with Gasteiger partial charge < -0.3 is 9.88 Å². The number of carbonyl (C=O) groups is 1. The van der Waals surface area contributed by atoms with Crippen molar-refractivity contribution in [2.45, 2.75) is 58.5 Å². The van der Waals surface area contributed by atoms with Crippen LogP contribution in [0.25, 0.3) is 5.57 Å². The van der Waals surface area contributed by atoms with Gasteiger partial charge in [-0.2, -0.15) is 13.2 Å². The molecule has 0 aliphatic heterocycles. The number of alkyl halides is 3. The molecule has 1 aliphatic carbocycles. The van der Waals surface area contributed by atoms with Gasteiger partial charge in [0.2, 0.25) is 0 Å². The lowest BCUT2D eigenvalue weighted by Gasteiger charge is -2.17. The summed E-state index contributed by atoms with van der Waals surface area (Å²) in [6, 6.07) is 9.31. The molecule has 184 valence electrons. The molecule has 4 nitrogen and oxygen atoms in total. The third-order valence-electron chi connectivity index (χ3n) is 6.60. The first-order valence-electron chi connectivity index (χ1n) is 12.1. The van der Waals surface area contributed by atoms with E-state index in [0.29, 0.717) is 29.2 Å². The predicted octanol–water partition coefficient (Wildman–Crippen LogP) is 6.32. The second-order valence-electron chi connectivity index (χ2n) is 8.87. The molecule has 0 atom stereocenters. The molecule has 0 saturated heterocycles. The van der Waals surface area contributed by atoms with Gasteiger partial charge in [0.1, 0.15) is 5.56 Å². The lowest BCUT2D eigenvalue weighted by Crippen LogP contribution is -2.24. The highest BCUT2D eigenvalue weighted by molar-refractivity contribution is 5.96. The number of hydrogen-bond donors (Lipinski definition) is 1. The monoisotopic (exact) mass is 474 g/mol. The smallest absolute Gasteiger partial charge is 0.321 e. The summed E-state index contributed by atoms with van der Waals surface area (Å²) in [5, 5.41) is 0. The van der Waals surface area contributed by atoms with Crippen molar-refractivity contribution in [1.82, 2.24) is 9.88 Å². The highest BCUT2D eigenvalue weighted by atomic mass is 19.4. The van der Waals surface area contributed by atoms with E-state index < -0.39 is 17.3 Å². The van der Waals surface area contributed by atoms with E-state index in [1.165, 1.54) is 6.07 Å². The van der Waals surface area contributed by atoms with Crippen LogP contribution in [0.5, 0.6) is 0 Å². The number of pyridine rings is 1. The number of aromatic nitrogens is 1. The molecule has 1 N–H and O–H groups in total. The molecule has 7 heteroatoms. The quantitative estimate of drug-likeness (QED) is 0.410. The molecule has 1 heterocycles. The van der Waals surface area contributed by atoms with E-state index in [1.54, 1.807) is 12.1 Å². The van der Waals surface area contributed by atoms with Crippen LogP contribution < -0.4 is 5.56 Å². The molecule has 1 saturated carbocycles. The van der Waals surface area contributed by atoms with Gasteiger partial charge in [0.15, 0.2) is 5.78 Å². The summed E-state index contributed by atoms with van der Waals surface area (Å²) in [5.74, 6) is 0.380. The highest BCUT2D eigenvalue weighted by Crippen LogP contribution is 2.32. The largest absolute Gasteiger partial charge is 0.421 e. The molecule has 1 aromatic heterocycles. The number of H-pyrrole nitrogens is 1. The Bertz CT molecular complexity index is 1040. The summed E-state index contributed by atoms with van der Waals surface area (Å²) in [5.41, 5.74) is 0.0670. The zero-order valence-electron chi connectivity index (χ0n) is 19.9. The molecule has 34 heavy (non-hydrogen) atoms. The standard InChI is InChI=1S/C27H33F3N2O2/c1-3-32(4-2)17-7-10-25(33)21-13-11-20(12-14-21)22(18-19-8-5-6-9-19)24-16-15-23(26(34)31-24)27(28,29)30/h11-16,18-19H,3-10,17H2,1-2H3,(H,31,34)/b22-18+. The number of halogens is 3. The van der Waals surface area contributed by atoms with Crippen LogP contribution in [-0.4, -0.2) is 35.3 Å². The fourth-order valence-electron chi connectivity index (χ4n) is 4.54. The minimum Gasteiger partial charge on any atom is -0.321 e. The van der Waals surface area contributed by atoms with E-state index in [4.69, 9.17) is 0 Å². The molecule has 3 rings (SSSR count). The third kappa shape index (κ3) is 6.69. The molecule has 0 unspecified atom stereocenters. The van der Waals surface area contributed by atoms with Crippen LogP contribution in [-0.2, 0) is 6.18 Å². The van der Waals surface area contributed by atoms with Crippen LogP contribution in [0, 0.1) is 5.92 Å². The zero-order chi connectivity index (χ0) is 24.7. The molecular weight excluding hydrogens is 441 g/mol. The summed E-state index contributed by atoms with van der Waals surface area (Å²) in [6.45, 7) is 7.00. The normalized spacial score (nSPS) is 15.3. The van der Waals surface area contributed by atoms with Crippen LogP contribution >= 0.6 is 0 Å². The summed E-state index contributed by atoms with van der Waals surface area (Å²) in [7, 11) is 0. The topological polar surface area (TPSA) is 53.2 Å². The van der Waals surface area contributed by atoms with Crippen LogP contribution in [0.2, 0.25) is 0 Å². The van der Waals surface area contributed by atoms with E-state index in [9.17, 15) is 22.8 Å². The number of nitrogens with one attached hydrogen (secondary N) is 1. The summed E-state index contributed by atoms with van der Waals surface area (Å²) < 4.78 is 39.2. The van der Waals surface area contributed by atoms with Gasteiger partial charge in [-0.25, -0.2) is 0 Å². The lowest BCUT2D eigenvalue weighted by atomic mass is 9.94. The number of ketones is 1. The van der Waals surface area contributed by atoms with Gasteiger partial charge >= 0.3 is 6.18 Å². The van der Waals surface area contributed by atoms with Crippen molar-refractivity contribution in [2.75, 3.05) is 19.6 Å². The second-order valence-corrected chi connectivity index (χ2v) is 8.87. The minimum absolute atomic E-state index is 0.0722. The number of Topliss-reactive ketones (excluding diaryl/α,β-unsaturated/α-hetero) is 1. The fourth-order valence-corrected chi connectivity index (χ4v) is 4.54. The van der Waals surface area contributed by atoms with E-state index in [1.807, 2.05) is 18.2 Å². The molecule has 1 fully saturated rings. The van der Waals surface area contributed by atoms with Crippen LogP contribution in [0.3, 0.4) is 0 Å². The number of nitrogens with zero attached hydrogens (tertiary/aromatic N) is 1. The van der Waals surface area contributed by atoms with Gasteiger partial charge in [-0.05, 0) is 62.5 Å². The van der Waals surface area contributed by atoms with Crippen LogP contribution in [0.15, 0.2) is 47.3 Å². The van der Waals surface area contributed by atoms with Crippen LogP contribution in [0.4, 0.5) is 13.2 Å². The Morgan fingerprint density at radius 1 is 1.03 bits per heavy atom. The Kier molecular flexibility index (Phi) is 8.89. The van der Waals surface area contributed by atoms with Crippen molar-refractivity contribution < 1.29 is 18.0 Å². The first-order valence-corrected chi connectivity index (χ1v) is 12.1. The summed E-state index contributed by atoms with van der Waals surface area (Å²) >= 11 is 0. The zero-order valence-corrected chi connectivity index (χ0v) is 19.9. The Hall–Kier alpha value is -2.67. The molecule has 0 bridgehead atoms. The number of carbonyl (C=O) groups excluding carboxylic acids is 1. The fraction of sp³-hybridized carbons (Fsp3) is 0.481. The van der Waals surface area contributed by atoms with Gasteiger partial charge in [0.05, 0.1) is 0 Å². The number of benzene rings is 1. The van der Waals surface area contributed by atoms with Crippen molar-refractivity contribution in [1.29, 1.82) is 0 Å². The molecule has 1 aromatic carbocycles. The van der Waals surface area contributed by atoms with Crippen molar-refractivity contribution in [3.8, 4) is 0 Å². The van der Waals surface area contributed by atoms with Crippen molar-refractivity contribution in [3.05, 3.63) is 75.2 Å². The maximum atomic E-state index is 13.1. The van der Waals surface area contributed by atoms with Crippen LogP contribution in [0.1, 0.15) is 79.6 Å². The van der Waals surface area contributed by atoms with Gasteiger partial charge in [-0.15, -0.1) is 0 Å². The third-order valence-corrected chi connectivity index (χ3v) is 6.60. The summed E-state index contributed by atoms with van der Waals surface area (Å²) in [4.78, 5) is 29.5. The first kappa shape index (κ1) is 25.9. The average Bonchev–Trinajstić information content (AvgIpc) is 3.33. The molecular formula is C27H33F3N2O2. The van der Waals surface area contributed by atoms with Gasteiger partial charge in [-0.1, -0.05) is 57.0 Å². The van der Waals surface area contributed by atoms with E-state index in [2.05, 4.69) is 23.7 Å². The van der Waals surface area contributed by atoms with Gasteiger partial charge in [0.25, 0.3) is 5.56 Å². The number of hydrogen-bond acceptors (Lipinski definition) is 3. The minimum atomic E-state index is -4.70. The average molecular weight is 475 g/mol. The number of aromatic amines is 1. The van der Waals surface area contributed by atoms with E-state index in [-0.39, 0.29) is 5.78 Å². The van der Waals surface area contributed by atoms with E-state index in [0.717, 1.165) is 63.4 Å². The first-order chi connectivity index (χ1) is 16.2. The molecule has 2 aromatic rings. The van der Waals surface area contributed by atoms with Gasteiger partial charge in [-0.3, -0.25) is 9.59 Å².